The van der Waals surface area contributed by atoms with Crippen molar-refractivity contribution < 1.29 is 13.7 Å². The number of likely N-dealkylation sites (tertiary alicyclic amines) is 1. The maximum absolute atomic E-state index is 15.0. The zero-order chi connectivity index (χ0) is 31.9. The molecule has 7 nitrogen and oxygen atoms in total. The van der Waals surface area contributed by atoms with Crippen LogP contribution in [0.15, 0.2) is 66.7 Å². The van der Waals surface area contributed by atoms with Gasteiger partial charge in [0.15, 0.2) is 0 Å². The molecule has 2 N–H and O–H groups in total. The minimum absolute atomic E-state index is 0.108. The number of likely N-dealkylation sites (N-methyl/N-ethyl adjacent to an activating group) is 1. The topological polar surface area (TPSA) is 50.9 Å². The van der Waals surface area contributed by atoms with Crippen molar-refractivity contribution in [3.05, 3.63) is 94.8 Å². The lowest BCUT2D eigenvalue weighted by molar-refractivity contribution is -0.897. The molecule has 8 heteroatoms. The molecule has 0 bridgehead atoms. The predicted octanol–water partition coefficient (Wildman–Crippen LogP) is 4.57. The van der Waals surface area contributed by atoms with Crippen molar-refractivity contribution in [2.45, 2.75) is 45.4 Å². The highest BCUT2D eigenvalue weighted by molar-refractivity contribution is 5.94. The monoisotopic (exact) mass is 627 g/mol. The fraction of sp³-hybridized carbons (Fsp3) is 0.500. The number of quaternary nitrogens is 1. The van der Waals surface area contributed by atoms with Gasteiger partial charge in [-0.3, -0.25) is 19.5 Å². The molecule has 1 atom stereocenters. The second-order valence-corrected chi connectivity index (χ2v) is 14.1. The van der Waals surface area contributed by atoms with Gasteiger partial charge in [-0.05, 0) is 59.5 Å². The maximum atomic E-state index is 15.0. The van der Waals surface area contributed by atoms with Gasteiger partial charge < -0.3 is 15.1 Å². The van der Waals surface area contributed by atoms with Crippen molar-refractivity contribution in [2.24, 2.45) is 0 Å². The number of halogens is 1. The highest BCUT2D eigenvalue weighted by atomic mass is 19.1. The van der Waals surface area contributed by atoms with Crippen LogP contribution < -0.4 is 10.6 Å². The van der Waals surface area contributed by atoms with Crippen LogP contribution in [0.2, 0.25) is 0 Å². The van der Waals surface area contributed by atoms with Crippen LogP contribution >= 0.6 is 0 Å². The molecule has 46 heavy (non-hydrogen) atoms. The molecule has 0 aromatic heterocycles. The van der Waals surface area contributed by atoms with E-state index < -0.39 is 0 Å². The standard InChI is InChI=1S/C38H51FN6O/c1-30-27-44(14-13-40-30)29-32-7-5-9-34(23-32)36-25-31(11-12-37(36)39)26-41-38(46)35-10-6-8-33(24-35)28-43-17-15-42(16-18-43)19-22-45(2)20-3-4-21-45/h5-12,23-25,30,40H,3-4,13-22,26-29H2,1-2H3/p+1/t30-/m0/s1. The molecule has 3 aliphatic rings. The Bertz CT molecular complexity index is 1470. The Morgan fingerprint density at radius 2 is 1.59 bits per heavy atom. The third-order valence-electron chi connectivity index (χ3n) is 10.2. The van der Waals surface area contributed by atoms with Gasteiger partial charge in [0.05, 0.1) is 26.7 Å². The van der Waals surface area contributed by atoms with E-state index in [1.165, 1.54) is 55.1 Å². The average molecular weight is 628 g/mol. The molecule has 246 valence electrons. The van der Waals surface area contributed by atoms with E-state index in [9.17, 15) is 4.79 Å². The zero-order valence-corrected chi connectivity index (χ0v) is 27.8. The third kappa shape index (κ3) is 8.81. The van der Waals surface area contributed by atoms with Gasteiger partial charge in [0, 0.05) is 102 Å². The van der Waals surface area contributed by atoms with Crippen molar-refractivity contribution in [2.75, 3.05) is 79.0 Å². The summed E-state index contributed by atoms with van der Waals surface area (Å²) in [6, 6.07) is 21.8. The molecule has 3 heterocycles. The number of carbonyl (C=O) groups excluding carboxylic acids is 1. The number of benzene rings is 3. The second kappa shape index (κ2) is 15.2. The van der Waals surface area contributed by atoms with E-state index in [-0.39, 0.29) is 11.7 Å². The van der Waals surface area contributed by atoms with E-state index in [2.05, 4.69) is 57.5 Å². The lowest BCUT2D eigenvalue weighted by atomic mass is 10.00. The van der Waals surface area contributed by atoms with Crippen LogP contribution in [-0.4, -0.2) is 110 Å². The average Bonchev–Trinajstić information content (AvgIpc) is 3.50. The number of hydrogen-bond acceptors (Lipinski definition) is 5. The molecule has 3 aliphatic heterocycles. The van der Waals surface area contributed by atoms with E-state index in [0.717, 1.165) is 75.6 Å². The van der Waals surface area contributed by atoms with Crippen molar-refractivity contribution in [1.29, 1.82) is 0 Å². The molecule has 1 amide bonds. The molecule has 0 spiro atoms. The van der Waals surface area contributed by atoms with Gasteiger partial charge in [-0.1, -0.05) is 36.4 Å². The molecule has 3 aromatic rings. The summed E-state index contributed by atoms with van der Waals surface area (Å²) in [6.45, 7) is 16.7. The van der Waals surface area contributed by atoms with Crippen LogP contribution in [-0.2, 0) is 19.6 Å². The first-order valence-electron chi connectivity index (χ1n) is 17.3. The smallest absolute Gasteiger partial charge is 0.251 e. The first kappa shape index (κ1) is 32.8. The molecule has 0 radical (unpaired) electrons. The second-order valence-electron chi connectivity index (χ2n) is 14.1. The number of nitrogens with zero attached hydrogens (tertiary/aromatic N) is 4. The quantitative estimate of drug-likeness (QED) is 0.305. The fourth-order valence-electron chi connectivity index (χ4n) is 7.38. The van der Waals surface area contributed by atoms with Crippen molar-refractivity contribution in [3.63, 3.8) is 0 Å². The summed E-state index contributed by atoms with van der Waals surface area (Å²) in [7, 11) is 2.42. The highest BCUT2D eigenvalue weighted by Gasteiger charge is 2.28. The highest BCUT2D eigenvalue weighted by Crippen LogP contribution is 2.26. The van der Waals surface area contributed by atoms with Crippen molar-refractivity contribution in [1.82, 2.24) is 25.3 Å². The lowest BCUT2D eigenvalue weighted by Crippen LogP contribution is -2.51. The Hall–Kier alpha value is -3.14. The predicted molar refractivity (Wildman–Crippen MR) is 184 cm³/mol. The van der Waals surface area contributed by atoms with Crippen molar-refractivity contribution in [3.8, 4) is 11.1 Å². The molecule has 0 unspecified atom stereocenters. The summed E-state index contributed by atoms with van der Waals surface area (Å²) in [6.07, 6.45) is 2.75. The van der Waals surface area contributed by atoms with E-state index in [1.807, 2.05) is 36.4 Å². The number of nitrogens with one attached hydrogen (secondary N) is 2. The van der Waals surface area contributed by atoms with Gasteiger partial charge in [-0.25, -0.2) is 4.39 Å². The summed E-state index contributed by atoms with van der Waals surface area (Å²) in [4.78, 5) is 20.7. The fourth-order valence-corrected chi connectivity index (χ4v) is 7.38. The van der Waals surface area contributed by atoms with Gasteiger partial charge in [0.2, 0.25) is 0 Å². The lowest BCUT2D eigenvalue weighted by Gasteiger charge is -2.37. The first-order valence-corrected chi connectivity index (χ1v) is 17.3. The van der Waals surface area contributed by atoms with Crippen LogP contribution in [0.1, 0.15) is 46.8 Å². The van der Waals surface area contributed by atoms with Gasteiger partial charge in [-0.15, -0.1) is 0 Å². The minimum atomic E-state index is -0.251. The Morgan fingerprint density at radius 3 is 2.37 bits per heavy atom. The molecule has 6 rings (SSSR count). The Balaban J connectivity index is 1.00. The first-order chi connectivity index (χ1) is 22.3. The van der Waals surface area contributed by atoms with Gasteiger partial charge in [-0.2, -0.15) is 0 Å². The summed E-state index contributed by atoms with van der Waals surface area (Å²) in [5.74, 6) is -0.359. The third-order valence-corrected chi connectivity index (χ3v) is 10.2. The van der Waals surface area contributed by atoms with Crippen LogP contribution in [0.3, 0.4) is 0 Å². The van der Waals surface area contributed by atoms with E-state index >= 15 is 4.39 Å². The van der Waals surface area contributed by atoms with Crippen LogP contribution in [0.5, 0.6) is 0 Å². The van der Waals surface area contributed by atoms with Gasteiger partial charge >= 0.3 is 0 Å². The van der Waals surface area contributed by atoms with E-state index in [1.54, 1.807) is 6.07 Å². The molecule has 3 aromatic carbocycles. The number of amides is 1. The molecular formula is C38H52FN6O+. The summed E-state index contributed by atoms with van der Waals surface area (Å²) in [5, 5.41) is 6.55. The largest absolute Gasteiger partial charge is 0.348 e. The minimum Gasteiger partial charge on any atom is -0.348 e. The SMILES string of the molecule is C[C@H]1CN(Cc2cccc(-c3cc(CNC(=O)c4cccc(CN5CCN(CC[N+]6(C)CCCC6)CC5)c4)ccc3F)c2)CCN1. The van der Waals surface area contributed by atoms with E-state index in [4.69, 9.17) is 0 Å². The summed E-state index contributed by atoms with van der Waals surface area (Å²) >= 11 is 0. The number of rotatable bonds is 11. The molecule has 3 fully saturated rings. The molecule has 0 saturated carbocycles. The summed E-state index contributed by atoms with van der Waals surface area (Å²) < 4.78 is 16.3. The van der Waals surface area contributed by atoms with E-state index in [0.29, 0.717) is 23.7 Å². The number of hydrogen-bond donors (Lipinski definition) is 2. The summed E-state index contributed by atoms with van der Waals surface area (Å²) in [5.41, 5.74) is 5.31. The Morgan fingerprint density at radius 1 is 0.870 bits per heavy atom. The Kier molecular flexibility index (Phi) is 10.8. The Labute approximate surface area is 275 Å². The maximum Gasteiger partial charge on any atom is 0.251 e. The van der Waals surface area contributed by atoms with Gasteiger partial charge in [0.25, 0.3) is 5.91 Å². The number of carbonyl (C=O) groups is 1. The molecular weight excluding hydrogens is 575 g/mol. The number of piperazine rings is 2. The van der Waals surface area contributed by atoms with Crippen LogP contribution in [0.4, 0.5) is 4.39 Å². The molecule has 3 saturated heterocycles. The van der Waals surface area contributed by atoms with Gasteiger partial charge in [0.1, 0.15) is 5.82 Å². The van der Waals surface area contributed by atoms with Crippen LogP contribution in [0.25, 0.3) is 11.1 Å². The van der Waals surface area contributed by atoms with Crippen LogP contribution in [0, 0.1) is 5.82 Å². The van der Waals surface area contributed by atoms with Crippen molar-refractivity contribution >= 4 is 5.91 Å². The molecule has 0 aliphatic carbocycles. The normalized spacial score (nSPS) is 21.0. The zero-order valence-electron chi connectivity index (χ0n) is 27.8.